The van der Waals surface area contributed by atoms with Crippen LogP contribution < -0.4 is 11.1 Å². The molecule has 0 saturated heterocycles. The number of Topliss-reactive ketones (excluding diaryl/α,β-unsaturated/α-hetero) is 1. The van der Waals surface area contributed by atoms with Gasteiger partial charge in [-0.1, -0.05) is 48.5 Å². The summed E-state index contributed by atoms with van der Waals surface area (Å²) in [5.74, 6) is -1.40. The molecular formula is C22H20N4O4S. The predicted molar refractivity (Wildman–Crippen MR) is 114 cm³/mol. The quantitative estimate of drug-likeness (QED) is 0.507. The van der Waals surface area contributed by atoms with Crippen molar-refractivity contribution in [3.63, 3.8) is 0 Å². The van der Waals surface area contributed by atoms with E-state index in [1.54, 1.807) is 0 Å². The smallest absolute Gasteiger partial charge is 0.273 e. The van der Waals surface area contributed by atoms with Crippen molar-refractivity contribution >= 4 is 29.3 Å². The number of carbonyl (C=O) groups is 3. The Kier molecular flexibility index (Phi) is 5.88. The minimum atomic E-state index is -1.57. The fourth-order valence-corrected chi connectivity index (χ4v) is 4.32. The average Bonchev–Trinajstić information content (AvgIpc) is 3.39. The number of aliphatic hydroxyl groups excluding tert-OH is 1. The van der Waals surface area contributed by atoms with E-state index in [-0.39, 0.29) is 17.9 Å². The molecule has 158 valence electrons. The van der Waals surface area contributed by atoms with E-state index in [9.17, 15) is 19.5 Å². The van der Waals surface area contributed by atoms with Crippen LogP contribution in [0.1, 0.15) is 27.2 Å². The first-order valence-electron chi connectivity index (χ1n) is 9.71. The van der Waals surface area contributed by atoms with Crippen molar-refractivity contribution in [2.75, 3.05) is 0 Å². The van der Waals surface area contributed by atoms with E-state index in [1.807, 2.05) is 48.5 Å². The van der Waals surface area contributed by atoms with Gasteiger partial charge in [0.1, 0.15) is 11.5 Å². The number of carbonyl (C=O) groups excluding carboxylic acids is 3. The van der Waals surface area contributed by atoms with Gasteiger partial charge in [-0.2, -0.15) is 8.75 Å². The molecule has 1 heterocycles. The van der Waals surface area contributed by atoms with Crippen molar-refractivity contribution in [3.05, 3.63) is 70.9 Å². The molecule has 31 heavy (non-hydrogen) atoms. The lowest BCUT2D eigenvalue weighted by molar-refractivity contribution is -0.127. The third-order valence-corrected chi connectivity index (χ3v) is 5.81. The van der Waals surface area contributed by atoms with Crippen LogP contribution in [0.3, 0.4) is 0 Å². The molecule has 0 bridgehead atoms. The minimum absolute atomic E-state index is 0.0764. The number of nitrogens with two attached hydrogens (primary N) is 1. The molecule has 0 saturated carbocycles. The number of benzene rings is 2. The molecule has 2 amide bonds. The second-order valence-corrected chi connectivity index (χ2v) is 7.94. The Morgan fingerprint density at radius 2 is 1.87 bits per heavy atom. The Balaban J connectivity index is 1.62. The molecule has 1 aromatic heterocycles. The first-order valence-corrected chi connectivity index (χ1v) is 10.4. The van der Waals surface area contributed by atoms with Crippen LogP contribution in [-0.2, 0) is 28.9 Å². The SMILES string of the molecule is NC(=O)C(O)C(Cc1ccccc1)NC(=O)c1nsnc1-c1cccc2c1CC(=O)C2. The van der Waals surface area contributed by atoms with Crippen LogP contribution in [0.25, 0.3) is 11.3 Å². The predicted octanol–water partition coefficient (Wildman–Crippen LogP) is 1.06. The molecule has 1 aliphatic rings. The van der Waals surface area contributed by atoms with Crippen molar-refractivity contribution in [1.82, 2.24) is 14.1 Å². The van der Waals surface area contributed by atoms with Crippen LogP contribution in [-0.4, -0.2) is 43.6 Å². The molecule has 2 unspecified atom stereocenters. The number of rotatable bonds is 7. The topological polar surface area (TPSA) is 135 Å². The maximum atomic E-state index is 13.1. The fourth-order valence-electron chi connectivity index (χ4n) is 3.76. The van der Waals surface area contributed by atoms with Crippen LogP contribution >= 0.6 is 11.7 Å². The Labute approximate surface area is 182 Å². The molecule has 2 aromatic carbocycles. The Morgan fingerprint density at radius 1 is 1.10 bits per heavy atom. The molecule has 1 aliphatic carbocycles. The first kappa shape index (κ1) is 20.8. The molecule has 3 aromatic rings. The molecule has 4 N–H and O–H groups in total. The zero-order chi connectivity index (χ0) is 22.0. The van der Waals surface area contributed by atoms with Gasteiger partial charge in [0.15, 0.2) is 11.8 Å². The van der Waals surface area contributed by atoms with E-state index in [4.69, 9.17) is 5.73 Å². The van der Waals surface area contributed by atoms with Crippen molar-refractivity contribution in [2.24, 2.45) is 5.73 Å². The summed E-state index contributed by atoms with van der Waals surface area (Å²) < 4.78 is 8.42. The van der Waals surface area contributed by atoms with Crippen LogP contribution in [0.2, 0.25) is 0 Å². The number of hydrogen-bond donors (Lipinski definition) is 3. The summed E-state index contributed by atoms with van der Waals surface area (Å²) in [6.07, 6.45) is -0.704. The highest BCUT2D eigenvalue weighted by Crippen LogP contribution is 2.32. The number of fused-ring (bicyclic) bond motifs is 1. The van der Waals surface area contributed by atoms with Gasteiger partial charge in [-0.25, -0.2) is 0 Å². The van der Waals surface area contributed by atoms with Crippen molar-refractivity contribution < 1.29 is 19.5 Å². The molecule has 0 aliphatic heterocycles. The summed E-state index contributed by atoms with van der Waals surface area (Å²) in [6, 6.07) is 13.7. The lowest BCUT2D eigenvalue weighted by atomic mass is 9.98. The Bertz CT molecular complexity index is 1150. The van der Waals surface area contributed by atoms with Gasteiger partial charge in [0.25, 0.3) is 5.91 Å². The molecule has 0 radical (unpaired) electrons. The van der Waals surface area contributed by atoms with E-state index >= 15 is 0 Å². The lowest BCUT2D eigenvalue weighted by Gasteiger charge is -2.22. The number of nitrogens with one attached hydrogen (secondary N) is 1. The van der Waals surface area contributed by atoms with Crippen LogP contribution in [0, 0.1) is 0 Å². The van der Waals surface area contributed by atoms with Crippen molar-refractivity contribution in [3.8, 4) is 11.3 Å². The number of ketones is 1. The number of amides is 2. The maximum Gasteiger partial charge on any atom is 0.273 e. The second-order valence-electron chi connectivity index (χ2n) is 7.41. The summed E-state index contributed by atoms with van der Waals surface area (Å²) in [6.45, 7) is 0. The Hall–Kier alpha value is -3.43. The highest BCUT2D eigenvalue weighted by molar-refractivity contribution is 6.99. The molecule has 0 spiro atoms. The van der Waals surface area contributed by atoms with Gasteiger partial charge >= 0.3 is 0 Å². The minimum Gasteiger partial charge on any atom is -0.381 e. The standard InChI is InChI=1S/C22H20N4O4S/c23-21(29)20(28)17(9-12-5-2-1-3-6-12)24-22(30)19-18(25-31-26-19)15-8-4-7-13-10-14(27)11-16(13)15/h1-8,17,20,28H,9-11H2,(H2,23,29)(H,24,30). The molecule has 9 heteroatoms. The third-order valence-electron chi connectivity index (χ3n) is 5.28. The van der Waals surface area contributed by atoms with Crippen molar-refractivity contribution in [2.45, 2.75) is 31.4 Å². The Morgan fingerprint density at radius 3 is 2.61 bits per heavy atom. The van der Waals surface area contributed by atoms with Crippen LogP contribution in [0.15, 0.2) is 48.5 Å². The number of nitrogens with zero attached hydrogens (tertiary/aromatic N) is 2. The monoisotopic (exact) mass is 436 g/mol. The summed E-state index contributed by atoms with van der Waals surface area (Å²) in [4.78, 5) is 36.6. The van der Waals surface area contributed by atoms with E-state index in [1.165, 1.54) is 0 Å². The second kappa shape index (κ2) is 8.75. The van der Waals surface area contributed by atoms with E-state index in [0.717, 1.165) is 28.4 Å². The zero-order valence-corrected chi connectivity index (χ0v) is 17.3. The molecule has 4 rings (SSSR count). The zero-order valence-electron chi connectivity index (χ0n) is 16.4. The van der Waals surface area contributed by atoms with Gasteiger partial charge in [-0.05, 0) is 23.1 Å². The number of hydrogen-bond acceptors (Lipinski definition) is 7. The average molecular weight is 436 g/mol. The highest BCUT2D eigenvalue weighted by Gasteiger charge is 2.30. The number of aliphatic hydroxyl groups is 1. The third kappa shape index (κ3) is 4.37. The molecule has 0 fully saturated rings. The fraction of sp³-hybridized carbons (Fsp3) is 0.227. The summed E-state index contributed by atoms with van der Waals surface area (Å²) in [5, 5.41) is 13.0. The lowest BCUT2D eigenvalue weighted by Crippen LogP contribution is -2.50. The van der Waals surface area contributed by atoms with E-state index < -0.39 is 24.0 Å². The van der Waals surface area contributed by atoms with Gasteiger partial charge in [0, 0.05) is 18.4 Å². The number of aromatic nitrogens is 2. The van der Waals surface area contributed by atoms with Crippen LogP contribution in [0.5, 0.6) is 0 Å². The highest BCUT2D eigenvalue weighted by atomic mass is 32.1. The van der Waals surface area contributed by atoms with Gasteiger partial charge in [0.2, 0.25) is 5.91 Å². The summed E-state index contributed by atoms with van der Waals surface area (Å²) in [5.41, 5.74) is 9.03. The number of primary amides is 1. The van der Waals surface area contributed by atoms with Gasteiger partial charge in [-0.15, -0.1) is 0 Å². The van der Waals surface area contributed by atoms with Gasteiger partial charge in [-0.3, -0.25) is 14.4 Å². The van der Waals surface area contributed by atoms with E-state index in [0.29, 0.717) is 24.1 Å². The summed E-state index contributed by atoms with van der Waals surface area (Å²) in [7, 11) is 0. The van der Waals surface area contributed by atoms with E-state index in [2.05, 4.69) is 14.1 Å². The van der Waals surface area contributed by atoms with Gasteiger partial charge in [0.05, 0.1) is 17.8 Å². The van der Waals surface area contributed by atoms with Gasteiger partial charge < -0.3 is 16.2 Å². The summed E-state index contributed by atoms with van der Waals surface area (Å²) >= 11 is 0.882. The van der Waals surface area contributed by atoms with Crippen LogP contribution in [0.4, 0.5) is 0 Å². The maximum absolute atomic E-state index is 13.1. The normalized spacial score (nSPS) is 14.7. The van der Waals surface area contributed by atoms with Crippen molar-refractivity contribution in [1.29, 1.82) is 0 Å². The first-order chi connectivity index (χ1) is 14.9. The largest absolute Gasteiger partial charge is 0.381 e. The molecule has 8 nitrogen and oxygen atoms in total. The molecule has 2 atom stereocenters. The molecular weight excluding hydrogens is 416 g/mol.